The predicted octanol–water partition coefficient (Wildman–Crippen LogP) is 3.12. The first-order valence-corrected chi connectivity index (χ1v) is 5.12. The van der Waals surface area contributed by atoms with Crippen molar-refractivity contribution in [3.8, 4) is 5.75 Å². The Hall–Kier alpha value is -1.51. The van der Waals surface area contributed by atoms with Gasteiger partial charge in [-0.3, -0.25) is 0 Å². The van der Waals surface area contributed by atoms with E-state index in [1.54, 1.807) is 25.1 Å². The number of ether oxygens (including phenoxy) is 1. The van der Waals surface area contributed by atoms with Gasteiger partial charge in [0.25, 0.3) is 0 Å². The first-order chi connectivity index (χ1) is 7.15. The van der Waals surface area contributed by atoms with Crippen LogP contribution in [0, 0.1) is 6.92 Å². The van der Waals surface area contributed by atoms with Crippen LogP contribution in [0.5, 0.6) is 5.75 Å². The Bertz CT molecular complexity index is 319. The van der Waals surface area contributed by atoms with Gasteiger partial charge >= 0.3 is 5.97 Å². The van der Waals surface area contributed by atoms with Crippen LogP contribution in [0.1, 0.15) is 36.7 Å². The maximum absolute atomic E-state index is 10.7. The molecule has 1 aromatic rings. The quantitative estimate of drug-likeness (QED) is 0.833. The molecule has 0 amide bonds. The molecule has 0 aliphatic carbocycles. The van der Waals surface area contributed by atoms with Gasteiger partial charge in [0.05, 0.1) is 12.2 Å². The molecule has 0 aliphatic heterocycles. The lowest BCUT2D eigenvalue weighted by Gasteiger charge is -2.05. The summed E-state index contributed by atoms with van der Waals surface area (Å²) in [6.45, 7) is 8.23. The number of hydrogen-bond donors (Lipinski definition) is 1. The highest BCUT2D eigenvalue weighted by molar-refractivity contribution is 5.89. The van der Waals surface area contributed by atoms with E-state index in [9.17, 15) is 4.79 Å². The van der Waals surface area contributed by atoms with Crippen LogP contribution in [0.3, 0.4) is 0 Å². The Labute approximate surface area is 90.7 Å². The molecule has 0 heterocycles. The number of aromatic carboxylic acids is 1. The number of carboxylic acid groups (broad SMARTS) is 1. The van der Waals surface area contributed by atoms with Crippen molar-refractivity contribution in [3.63, 3.8) is 0 Å². The van der Waals surface area contributed by atoms with E-state index in [-0.39, 0.29) is 0 Å². The van der Waals surface area contributed by atoms with Crippen LogP contribution in [0.25, 0.3) is 0 Å². The fraction of sp³-hybridized carbons (Fsp3) is 0.417. The first-order valence-electron chi connectivity index (χ1n) is 5.12. The summed E-state index contributed by atoms with van der Waals surface area (Å²) in [6, 6.07) is 4.95. The second kappa shape index (κ2) is 6.87. The molecule has 3 nitrogen and oxygen atoms in total. The molecule has 0 spiro atoms. The van der Waals surface area contributed by atoms with Crippen LogP contribution in [-0.4, -0.2) is 17.7 Å². The van der Waals surface area contributed by atoms with Crippen molar-refractivity contribution in [1.29, 1.82) is 0 Å². The van der Waals surface area contributed by atoms with Gasteiger partial charge in [-0.15, -0.1) is 0 Å². The summed E-state index contributed by atoms with van der Waals surface area (Å²) in [5.41, 5.74) is 1.04. The number of carboxylic acids is 1. The summed E-state index contributed by atoms with van der Waals surface area (Å²) in [5.74, 6) is -0.189. The molecular weight excluding hydrogens is 192 g/mol. The molecule has 0 saturated carbocycles. The first kappa shape index (κ1) is 13.5. The van der Waals surface area contributed by atoms with Gasteiger partial charge in [-0.2, -0.15) is 0 Å². The highest BCUT2D eigenvalue weighted by atomic mass is 16.5. The molecule has 0 aromatic heterocycles. The van der Waals surface area contributed by atoms with Gasteiger partial charge in [0.2, 0.25) is 0 Å². The van der Waals surface area contributed by atoms with E-state index < -0.39 is 5.97 Å². The third kappa shape index (κ3) is 4.02. The Kier molecular flexibility index (Phi) is 6.18. The molecule has 0 radical (unpaired) electrons. The Balaban J connectivity index is 0.000000921. The summed E-state index contributed by atoms with van der Waals surface area (Å²) in [7, 11) is 0. The summed E-state index contributed by atoms with van der Waals surface area (Å²) in [6.07, 6.45) is 0. The Morgan fingerprint density at radius 3 is 2.40 bits per heavy atom. The fourth-order valence-electron chi connectivity index (χ4n) is 1.13. The van der Waals surface area contributed by atoms with Crippen molar-refractivity contribution in [3.05, 3.63) is 29.3 Å². The van der Waals surface area contributed by atoms with Crippen molar-refractivity contribution >= 4 is 5.97 Å². The van der Waals surface area contributed by atoms with E-state index >= 15 is 0 Å². The van der Waals surface area contributed by atoms with E-state index in [0.29, 0.717) is 17.9 Å². The normalized spacial score (nSPS) is 8.80. The third-order valence-corrected chi connectivity index (χ3v) is 1.74. The van der Waals surface area contributed by atoms with Crippen molar-refractivity contribution in [2.24, 2.45) is 0 Å². The van der Waals surface area contributed by atoms with Crippen LogP contribution >= 0.6 is 0 Å². The van der Waals surface area contributed by atoms with E-state index in [1.807, 2.05) is 20.8 Å². The molecule has 0 aliphatic rings. The van der Waals surface area contributed by atoms with Gasteiger partial charge in [0, 0.05) is 0 Å². The van der Waals surface area contributed by atoms with Crippen LogP contribution in [0.15, 0.2) is 18.2 Å². The molecule has 1 rings (SSSR count). The van der Waals surface area contributed by atoms with Crippen molar-refractivity contribution in [2.45, 2.75) is 27.7 Å². The lowest BCUT2D eigenvalue weighted by Crippen LogP contribution is -2.00. The monoisotopic (exact) mass is 210 g/mol. The van der Waals surface area contributed by atoms with E-state index in [4.69, 9.17) is 9.84 Å². The largest absolute Gasteiger partial charge is 0.494 e. The zero-order valence-corrected chi connectivity index (χ0v) is 9.70. The SMILES string of the molecule is CC.CCOc1ccc(C(=O)O)c(C)c1. The van der Waals surface area contributed by atoms with Gasteiger partial charge in [0.1, 0.15) is 5.75 Å². The van der Waals surface area contributed by atoms with Gasteiger partial charge in [-0.1, -0.05) is 13.8 Å². The smallest absolute Gasteiger partial charge is 0.335 e. The maximum Gasteiger partial charge on any atom is 0.335 e. The third-order valence-electron chi connectivity index (χ3n) is 1.74. The molecule has 0 bridgehead atoms. The van der Waals surface area contributed by atoms with E-state index in [1.165, 1.54) is 0 Å². The summed E-state index contributed by atoms with van der Waals surface area (Å²) in [4.78, 5) is 10.7. The molecule has 15 heavy (non-hydrogen) atoms. The van der Waals surface area contributed by atoms with Crippen molar-refractivity contribution < 1.29 is 14.6 Å². The number of benzene rings is 1. The average molecular weight is 210 g/mol. The van der Waals surface area contributed by atoms with E-state index in [2.05, 4.69) is 0 Å². The molecule has 0 atom stereocenters. The molecule has 1 N–H and O–H groups in total. The topological polar surface area (TPSA) is 46.5 Å². The highest BCUT2D eigenvalue weighted by Crippen LogP contribution is 2.16. The Morgan fingerprint density at radius 1 is 1.40 bits per heavy atom. The van der Waals surface area contributed by atoms with Crippen LogP contribution < -0.4 is 4.74 Å². The van der Waals surface area contributed by atoms with Crippen LogP contribution in [0.4, 0.5) is 0 Å². The molecule has 1 aromatic carbocycles. The lowest BCUT2D eigenvalue weighted by atomic mass is 10.1. The van der Waals surface area contributed by atoms with E-state index in [0.717, 1.165) is 5.56 Å². The summed E-state index contributed by atoms with van der Waals surface area (Å²) >= 11 is 0. The molecule has 0 saturated heterocycles. The molecule has 3 heteroatoms. The molecule has 0 fully saturated rings. The van der Waals surface area contributed by atoms with Gasteiger partial charge in [-0.05, 0) is 37.6 Å². The summed E-state index contributed by atoms with van der Waals surface area (Å²) < 4.78 is 5.23. The molecule has 0 unspecified atom stereocenters. The second-order valence-electron chi connectivity index (χ2n) is 2.71. The lowest BCUT2D eigenvalue weighted by molar-refractivity contribution is 0.0696. The molecular formula is C12H18O3. The average Bonchev–Trinajstić information content (AvgIpc) is 2.21. The Morgan fingerprint density at radius 2 is 2.00 bits per heavy atom. The number of aryl methyl sites for hydroxylation is 1. The second-order valence-corrected chi connectivity index (χ2v) is 2.71. The highest BCUT2D eigenvalue weighted by Gasteiger charge is 2.06. The summed E-state index contributed by atoms with van der Waals surface area (Å²) in [5, 5.41) is 8.75. The van der Waals surface area contributed by atoms with Gasteiger partial charge in [-0.25, -0.2) is 4.79 Å². The van der Waals surface area contributed by atoms with Crippen molar-refractivity contribution in [2.75, 3.05) is 6.61 Å². The van der Waals surface area contributed by atoms with Gasteiger partial charge < -0.3 is 9.84 Å². The van der Waals surface area contributed by atoms with Crippen molar-refractivity contribution in [1.82, 2.24) is 0 Å². The fourth-order valence-corrected chi connectivity index (χ4v) is 1.13. The van der Waals surface area contributed by atoms with Crippen LogP contribution in [0.2, 0.25) is 0 Å². The van der Waals surface area contributed by atoms with Crippen LogP contribution in [-0.2, 0) is 0 Å². The predicted molar refractivity (Wildman–Crippen MR) is 60.7 cm³/mol. The zero-order chi connectivity index (χ0) is 11.8. The minimum atomic E-state index is -0.902. The number of hydrogen-bond acceptors (Lipinski definition) is 2. The minimum Gasteiger partial charge on any atom is -0.494 e. The molecule has 84 valence electrons. The number of rotatable bonds is 3. The maximum atomic E-state index is 10.7. The van der Waals surface area contributed by atoms with Gasteiger partial charge in [0.15, 0.2) is 0 Å². The zero-order valence-electron chi connectivity index (χ0n) is 9.70. The minimum absolute atomic E-state index is 0.323. The number of carbonyl (C=O) groups is 1. The standard InChI is InChI=1S/C10H12O3.C2H6/c1-3-13-8-4-5-9(10(11)12)7(2)6-8;1-2/h4-6H,3H2,1-2H3,(H,11,12);1-2H3.